The summed E-state index contributed by atoms with van der Waals surface area (Å²) in [7, 11) is 0. The molecule has 0 spiro atoms. The minimum Gasteiger partial charge on any atom is -0.747 e. The van der Waals surface area contributed by atoms with Gasteiger partial charge in [0.1, 0.15) is 0 Å². The van der Waals surface area contributed by atoms with E-state index in [1.54, 1.807) is 6.20 Å². The van der Waals surface area contributed by atoms with Crippen molar-refractivity contribution in [2.24, 2.45) is 0 Å². The van der Waals surface area contributed by atoms with Gasteiger partial charge in [0.15, 0.2) is 0 Å². The molecule has 0 aliphatic carbocycles. The molecule has 0 amide bonds. The fourth-order valence-electron chi connectivity index (χ4n) is 1.53. The summed E-state index contributed by atoms with van der Waals surface area (Å²) in [6.45, 7) is 1.98. The quantitative estimate of drug-likeness (QED) is 0.578. The molecule has 1 aromatic heterocycles. The van der Waals surface area contributed by atoms with E-state index in [0.717, 1.165) is 15.4 Å². The Labute approximate surface area is 128 Å². The Bertz CT molecular complexity index is 525. The molecule has 3 rings (SSSR count). The van der Waals surface area contributed by atoms with Crippen molar-refractivity contribution in [1.82, 2.24) is 4.98 Å². The molecule has 0 aliphatic rings. The average molecular weight is 313 g/mol. The number of hydrogen-bond acceptors (Lipinski definition) is 3. The van der Waals surface area contributed by atoms with Gasteiger partial charge >= 0.3 is 0 Å². The van der Waals surface area contributed by atoms with Crippen LogP contribution in [0.4, 0.5) is 0 Å². The second-order valence-electron chi connectivity index (χ2n) is 3.89. The van der Waals surface area contributed by atoms with Crippen LogP contribution in [-0.4, -0.2) is 10.1 Å². The van der Waals surface area contributed by atoms with Gasteiger partial charge in [0.25, 0.3) is 0 Å². The molecule has 0 bridgehead atoms. The van der Waals surface area contributed by atoms with Gasteiger partial charge < -0.3 is 34.9 Å². The molecule has 4 heteroatoms. The van der Waals surface area contributed by atoms with Gasteiger partial charge in [-0.3, -0.25) is 0 Å². The summed E-state index contributed by atoms with van der Waals surface area (Å²) >= 11 is 1.53. The smallest absolute Gasteiger partial charge is 0.0889 e. The van der Waals surface area contributed by atoms with Crippen LogP contribution in [0, 0.1) is 6.92 Å². The summed E-state index contributed by atoms with van der Waals surface area (Å²) < 4.78 is 0. The first-order valence-electron chi connectivity index (χ1n) is 5.76. The molecule has 1 heterocycles. The minimum absolute atomic E-state index is 0. The molecule has 106 valence electrons. The Hall–Kier alpha value is -1.19. The van der Waals surface area contributed by atoms with Gasteiger partial charge in [-0.05, 0) is 6.92 Å². The zero-order valence-corrected chi connectivity index (χ0v) is 12.4. The predicted octanol–water partition coefficient (Wildman–Crippen LogP) is 3.66. The third kappa shape index (κ3) is 4.77. The number of rotatable bonds is 2. The zero-order valence-electron chi connectivity index (χ0n) is 10.5. The number of hydrogen-bond donors (Lipinski definition) is 1. The maximum Gasteiger partial charge on any atom is 0.0889 e. The van der Waals surface area contributed by atoms with E-state index in [1.165, 1.54) is 11.3 Å². The molecular weight excluding hydrogens is 298 g/mol. The summed E-state index contributed by atoms with van der Waals surface area (Å²) in [6.07, 6.45) is 1.22. The molecule has 0 saturated carbocycles. The molecule has 2 aromatic carbocycles. The fraction of sp³-hybridized carbons (Fsp3) is 0.133. The van der Waals surface area contributed by atoms with E-state index >= 15 is 0 Å². The van der Waals surface area contributed by atoms with Crippen molar-refractivity contribution < 1.29 is 22.2 Å². The Kier molecular flexibility index (Phi) is 6.74. The Morgan fingerprint density at radius 2 is 1.89 bits per heavy atom. The number of aliphatic hydroxyl groups excluding tert-OH is 1. The summed E-state index contributed by atoms with van der Waals surface area (Å²) in [5.41, 5.74) is 0.911. The number of aromatic nitrogens is 1. The molecule has 0 radical (unpaired) electrons. The molecule has 3 aromatic rings. The van der Waals surface area contributed by atoms with Gasteiger partial charge in [0.2, 0.25) is 0 Å². The van der Waals surface area contributed by atoms with Crippen LogP contribution in [0.2, 0.25) is 0 Å². The van der Waals surface area contributed by atoms with Crippen LogP contribution in [0.1, 0.15) is 21.6 Å². The molecule has 0 fully saturated rings. The van der Waals surface area contributed by atoms with Gasteiger partial charge in [-0.25, -0.2) is 17.1 Å². The first kappa shape index (κ1) is 15.9. The van der Waals surface area contributed by atoms with E-state index in [-0.39, 0.29) is 17.1 Å². The standard InChI is InChI=1S/C10H10NOS.C5H5.Fe/c1-7-6-11-10(13-7)9(12)8-4-2-3-5-8;1-2-4-5-3-1;/h2-6,9,12H,1H3;1-5H;/q-5;-1;. The second kappa shape index (κ2) is 8.08. The van der Waals surface area contributed by atoms with Gasteiger partial charge in [-0.1, -0.05) is 6.10 Å². The van der Waals surface area contributed by atoms with Crippen molar-refractivity contribution >= 4 is 11.3 Å². The summed E-state index contributed by atoms with van der Waals surface area (Å²) in [4.78, 5) is 5.27. The van der Waals surface area contributed by atoms with Crippen molar-refractivity contribution in [2.45, 2.75) is 13.0 Å². The van der Waals surface area contributed by atoms with Gasteiger partial charge in [-0.2, -0.15) is 18.2 Å². The van der Waals surface area contributed by atoms with E-state index in [4.69, 9.17) is 0 Å². The average Bonchev–Trinajstić information content (AvgIpc) is 3.13. The van der Waals surface area contributed by atoms with E-state index in [1.807, 2.05) is 61.5 Å². The summed E-state index contributed by atoms with van der Waals surface area (Å²) in [5.74, 6) is 0. The van der Waals surface area contributed by atoms with Crippen molar-refractivity contribution in [2.75, 3.05) is 0 Å². The van der Waals surface area contributed by atoms with E-state index < -0.39 is 6.10 Å². The van der Waals surface area contributed by atoms with E-state index in [0.29, 0.717) is 0 Å². The van der Waals surface area contributed by atoms with Crippen LogP contribution in [0.25, 0.3) is 0 Å². The van der Waals surface area contributed by atoms with Crippen molar-refractivity contribution in [3.8, 4) is 0 Å². The third-order valence-electron chi connectivity index (χ3n) is 2.43. The van der Waals surface area contributed by atoms with Crippen molar-refractivity contribution in [1.29, 1.82) is 0 Å². The summed E-state index contributed by atoms with van der Waals surface area (Å²) in [5, 5.41) is 10.6. The Balaban J connectivity index is 0.000000256. The predicted molar refractivity (Wildman–Crippen MR) is 75.0 cm³/mol. The SMILES string of the molecule is Cc1cnc(C(O)[c-]2[cH-][cH-][cH-][cH-]2)s1.[Fe].c1cc[cH-]c1. The van der Waals surface area contributed by atoms with Crippen LogP contribution in [0.3, 0.4) is 0 Å². The molecule has 0 aliphatic heterocycles. The first-order valence-corrected chi connectivity index (χ1v) is 6.57. The largest absolute Gasteiger partial charge is 0.747 e. The van der Waals surface area contributed by atoms with Crippen LogP contribution in [-0.2, 0) is 17.1 Å². The third-order valence-corrected chi connectivity index (χ3v) is 3.40. The van der Waals surface area contributed by atoms with Crippen LogP contribution >= 0.6 is 11.3 Å². The number of aliphatic hydroxyl groups is 1. The summed E-state index contributed by atoms with van der Waals surface area (Å²) in [6, 6.07) is 17.6. The maximum atomic E-state index is 9.84. The van der Waals surface area contributed by atoms with Crippen LogP contribution in [0.5, 0.6) is 0 Å². The van der Waals surface area contributed by atoms with Gasteiger partial charge in [-0.15, -0.1) is 11.3 Å². The monoisotopic (exact) mass is 313 g/mol. The molecule has 0 saturated heterocycles. The van der Waals surface area contributed by atoms with Crippen LogP contribution in [0.15, 0.2) is 60.8 Å². The van der Waals surface area contributed by atoms with Crippen LogP contribution < -0.4 is 0 Å². The number of thiazole rings is 1. The first-order chi connectivity index (χ1) is 8.77. The number of nitrogens with zero attached hydrogens (tertiary/aromatic N) is 1. The molecular formula is C15H15FeNOS-6. The minimum atomic E-state index is -0.561. The van der Waals surface area contributed by atoms with E-state index in [2.05, 4.69) is 4.98 Å². The molecule has 1 atom stereocenters. The van der Waals surface area contributed by atoms with Gasteiger partial charge in [0.05, 0.1) is 5.01 Å². The van der Waals surface area contributed by atoms with Gasteiger partial charge in [0, 0.05) is 28.1 Å². The van der Waals surface area contributed by atoms with Crippen molar-refractivity contribution in [3.63, 3.8) is 0 Å². The maximum absolute atomic E-state index is 9.84. The zero-order chi connectivity index (χ0) is 12.8. The van der Waals surface area contributed by atoms with Crippen molar-refractivity contribution in [3.05, 3.63) is 76.2 Å². The molecule has 19 heavy (non-hydrogen) atoms. The normalized spacial score (nSPS) is 11.1. The second-order valence-corrected chi connectivity index (χ2v) is 5.16. The fourth-order valence-corrected chi connectivity index (χ4v) is 2.32. The topological polar surface area (TPSA) is 33.1 Å². The van der Waals surface area contributed by atoms with E-state index in [9.17, 15) is 5.11 Å². The molecule has 2 nitrogen and oxygen atoms in total. The molecule has 1 N–H and O–H groups in total. The Morgan fingerprint density at radius 3 is 2.32 bits per heavy atom. The number of aryl methyl sites for hydroxylation is 1. The molecule has 1 unspecified atom stereocenters. The Morgan fingerprint density at radius 1 is 1.26 bits per heavy atom.